The molecule has 0 aliphatic carbocycles. The lowest BCUT2D eigenvalue weighted by Crippen LogP contribution is -2.37. The summed E-state index contributed by atoms with van der Waals surface area (Å²) in [5.41, 5.74) is 1.34. The molecule has 0 bridgehead atoms. The average molecular weight is 319 g/mol. The monoisotopic (exact) mass is 318 g/mol. The van der Waals surface area contributed by atoms with Crippen LogP contribution in [0.2, 0.25) is 5.02 Å². The second-order valence-corrected chi connectivity index (χ2v) is 6.95. The Morgan fingerprint density at radius 2 is 2.05 bits per heavy atom. The van der Waals surface area contributed by atoms with Crippen molar-refractivity contribution in [2.45, 2.75) is 20.3 Å². The van der Waals surface area contributed by atoms with Gasteiger partial charge in [-0.05, 0) is 31.0 Å². The summed E-state index contributed by atoms with van der Waals surface area (Å²) in [5, 5.41) is 3.23. The van der Waals surface area contributed by atoms with Gasteiger partial charge in [0, 0.05) is 17.3 Å². The largest absolute Gasteiger partial charge is 0.325 e. The van der Waals surface area contributed by atoms with Crippen LogP contribution in [0.25, 0.3) is 0 Å². The van der Waals surface area contributed by atoms with Crippen LogP contribution in [0.5, 0.6) is 0 Å². The zero-order valence-electron chi connectivity index (χ0n) is 11.8. The molecule has 0 saturated carbocycles. The van der Waals surface area contributed by atoms with E-state index in [-0.39, 0.29) is 12.5 Å². The molecule has 0 fully saturated rings. The van der Waals surface area contributed by atoms with E-state index < -0.39 is 10.0 Å². The molecule has 20 heavy (non-hydrogen) atoms. The van der Waals surface area contributed by atoms with E-state index in [0.717, 1.165) is 16.1 Å². The van der Waals surface area contributed by atoms with E-state index in [1.165, 1.54) is 0 Å². The normalized spacial score (nSPS) is 11.7. The fourth-order valence-corrected chi connectivity index (χ4v) is 2.74. The van der Waals surface area contributed by atoms with E-state index in [9.17, 15) is 13.2 Å². The van der Waals surface area contributed by atoms with E-state index in [0.29, 0.717) is 23.7 Å². The van der Waals surface area contributed by atoms with Gasteiger partial charge in [0.2, 0.25) is 15.9 Å². The SMILES string of the molecule is CCCN(CC(=O)Nc1cccc(Cl)c1C)S(C)(=O)=O. The lowest BCUT2D eigenvalue weighted by Gasteiger charge is -2.19. The minimum absolute atomic E-state index is 0.196. The Morgan fingerprint density at radius 1 is 1.40 bits per heavy atom. The first-order chi connectivity index (χ1) is 9.25. The van der Waals surface area contributed by atoms with E-state index in [2.05, 4.69) is 5.32 Å². The average Bonchev–Trinajstić information content (AvgIpc) is 2.33. The van der Waals surface area contributed by atoms with Gasteiger partial charge in [0.05, 0.1) is 12.8 Å². The van der Waals surface area contributed by atoms with Gasteiger partial charge < -0.3 is 5.32 Å². The highest BCUT2D eigenvalue weighted by Crippen LogP contribution is 2.22. The molecular formula is C13H19ClN2O3S. The standard InChI is InChI=1S/C13H19ClN2O3S/c1-4-8-16(20(3,18)19)9-13(17)15-12-7-5-6-11(14)10(12)2/h5-7H,4,8-9H2,1-3H3,(H,15,17). The fraction of sp³-hybridized carbons (Fsp3) is 0.462. The molecule has 0 heterocycles. The number of benzene rings is 1. The minimum Gasteiger partial charge on any atom is -0.325 e. The van der Waals surface area contributed by atoms with Gasteiger partial charge in [-0.25, -0.2) is 8.42 Å². The molecule has 1 N–H and O–H groups in total. The van der Waals surface area contributed by atoms with Gasteiger partial charge in [-0.1, -0.05) is 24.6 Å². The predicted molar refractivity (Wildman–Crippen MR) is 81.5 cm³/mol. The summed E-state index contributed by atoms with van der Waals surface area (Å²) in [6, 6.07) is 5.18. The van der Waals surface area contributed by atoms with Gasteiger partial charge in [-0.15, -0.1) is 0 Å². The lowest BCUT2D eigenvalue weighted by atomic mass is 10.2. The van der Waals surface area contributed by atoms with Crippen LogP contribution in [0.4, 0.5) is 5.69 Å². The molecule has 0 aliphatic rings. The third-order valence-electron chi connectivity index (χ3n) is 2.80. The summed E-state index contributed by atoms with van der Waals surface area (Å²) in [4.78, 5) is 11.9. The molecule has 1 amide bonds. The van der Waals surface area contributed by atoms with Crippen molar-refractivity contribution in [3.63, 3.8) is 0 Å². The Balaban J connectivity index is 2.78. The second-order valence-electron chi connectivity index (χ2n) is 4.56. The van der Waals surface area contributed by atoms with Crippen molar-refractivity contribution < 1.29 is 13.2 Å². The van der Waals surface area contributed by atoms with Crippen molar-refractivity contribution in [1.82, 2.24) is 4.31 Å². The fourth-order valence-electron chi connectivity index (χ4n) is 1.70. The number of carbonyl (C=O) groups is 1. The van der Waals surface area contributed by atoms with E-state index in [1.807, 2.05) is 6.92 Å². The quantitative estimate of drug-likeness (QED) is 0.875. The van der Waals surface area contributed by atoms with Crippen LogP contribution in [0.15, 0.2) is 18.2 Å². The van der Waals surface area contributed by atoms with E-state index in [4.69, 9.17) is 11.6 Å². The summed E-state index contributed by atoms with van der Waals surface area (Å²) in [5.74, 6) is -0.380. The maximum Gasteiger partial charge on any atom is 0.239 e. The van der Waals surface area contributed by atoms with Crippen LogP contribution in [-0.2, 0) is 14.8 Å². The van der Waals surface area contributed by atoms with Crippen LogP contribution < -0.4 is 5.32 Å². The van der Waals surface area contributed by atoms with Crippen LogP contribution in [0.3, 0.4) is 0 Å². The number of hydrogen-bond acceptors (Lipinski definition) is 3. The van der Waals surface area contributed by atoms with Crippen molar-refractivity contribution in [3.05, 3.63) is 28.8 Å². The Bertz CT molecular complexity index is 587. The number of nitrogens with one attached hydrogen (secondary N) is 1. The van der Waals surface area contributed by atoms with Crippen molar-refractivity contribution in [1.29, 1.82) is 0 Å². The van der Waals surface area contributed by atoms with Crippen molar-refractivity contribution >= 4 is 33.2 Å². The van der Waals surface area contributed by atoms with Crippen molar-refractivity contribution in [2.24, 2.45) is 0 Å². The van der Waals surface area contributed by atoms with Crippen molar-refractivity contribution in [3.8, 4) is 0 Å². The molecule has 1 rings (SSSR count). The highest BCUT2D eigenvalue weighted by atomic mass is 35.5. The van der Waals surface area contributed by atoms with Gasteiger partial charge >= 0.3 is 0 Å². The molecule has 0 saturated heterocycles. The molecule has 1 aromatic rings. The van der Waals surface area contributed by atoms with E-state index >= 15 is 0 Å². The molecule has 5 nitrogen and oxygen atoms in total. The highest BCUT2D eigenvalue weighted by molar-refractivity contribution is 7.88. The summed E-state index contributed by atoms with van der Waals surface area (Å²) >= 11 is 5.97. The molecule has 0 atom stereocenters. The Morgan fingerprint density at radius 3 is 2.60 bits per heavy atom. The van der Waals surface area contributed by atoms with Crippen LogP contribution in [-0.4, -0.2) is 38.0 Å². The first-order valence-electron chi connectivity index (χ1n) is 6.25. The van der Waals surface area contributed by atoms with Gasteiger partial charge in [-0.3, -0.25) is 4.79 Å². The molecule has 1 aromatic carbocycles. The van der Waals surface area contributed by atoms with Crippen LogP contribution in [0, 0.1) is 6.92 Å². The zero-order valence-corrected chi connectivity index (χ0v) is 13.4. The van der Waals surface area contributed by atoms with Crippen molar-refractivity contribution in [2.75, 3.05) is 24.7 Å². The highest BCUT2D eigenvalue weighted by Gasteiger charge is 2.19. The number of carbonyl (C=O) groups excluding carboxylic acids is 1. The third-order valence-corrected chi connectivity index (χ3v) is 4.46. The number of amides is 1. The smallest absolute Gasteiger partial charge is 0.239 e. The number of sulfonamides is 1. The summed E-state index contributed by atoms with van der Waals surface area (Å²) < 4.78 is 24.3. The first-order valence-corrected chi connectivity index (χ1v) is 8.48. The van der Waals surface area contributed by atoms with Gasteiger partial charge in [-0.2, -0.15) is 4.31 Å². The van der Waals surface area contributed by atoms with E-state index in [1.54, 1.807) is 25.1 Å². The van der Waals surface area contributed by atoms with Gasteiger partial charge in [0.15, 0.2) is 0 Å². The number of halogens is 1. The number of hydrogen-bond donors (Lipinski definition) is 1. The summed E-state index contributed by atoms with van der Waals surface area (Å²) in [7, 11) is -3.39. The molecule has 7 heteroatoms. The van der Waals surface area contributed by atoms with Crippen LogP contribution >= 0.6 is 11.6 Å². The van der Waals surface area contributed by atoms with Crippen LogP contribution in [0.1, 0.15) is 18.9 Å². The molecule has 0 radical (unpaired) electrons. The molecule has 0 aromatic heterocycles. The molecule has 0 spiro atoms. The minimum atomic E-state index is -3.39. The topological polar surface area (TPSA) is 66.5 Å². The maximum absolute atomic E-state index is 11.9. The Hall–Kier alpha value is -1.11. The Kier molecular flexibility index (Phi) is 5.98. The third kappa shape index (κ3) is 4.77. The first kappa shape index (κ1) is 16.9. The zero-order chi connectivity index (χ0) is 15.3. The molecule has 0 unspecified atom stereocenters. The Labute approximate surface area is 125 Å². The van der Waals surface area contributed by atoms with Gasteiger partial charge in [0.25, 0.3) is 0 Å². The molecule has 112 valence electrons. The summed E-state index contributed by atoms with van der Waals surface area (Å²) in [6.45, 7) is 3.77. The molecule has 0 aliphatic heterocycles. The lowest BCUT2D eigenvalue weighted by molar-refractivity contribution is -0.116. The summed E-state index contributed by atoms with van der Waals surface area (Å²) in [6.07, 6.45) is 1.75. The maximum atomic E-state index is 11.9. The van der Waals surface area contributed by atoms with Gasteiger partial charge in [0.1, 0.15) is 0 Å². The second kappa shape index (κ2) is 7.06. The predicted octanol–water partition coefficient (Wildman–Crippen LogP) is 2.26. The number of nitrogens with zero attached hydrogens (tertiary/aromatic N) is 1. The number of anilines is 1. The number of rotatable bonds is 6. The molecular weight excluding hydrogens is 300 g/mol.